The first-order chi connectivity index (χ1) is 14.6. The summed E-state index contributed by atoms with van der Waals surface area (Å²) in [5, 5.41) is 5.47. The van der Waals surface area contributed by atoms with Crippen molar-refractivity contribution in [1.29, 1.82) is 0 Å². The van der Waals surface area contributed by atoms with E-state index in [0.29, 0.717) is 24.5 Å². The molecule has 7 nitrogen and oxygen atoms in total. The number of nitrogens with one attached hydrogen (secondary N) is 2. The minimum Gasteiger partial charge on any atom is -0.494 e. The van der Waals surface area contributed by atoms with Crippen LogP contribution in [-0.4, -0.2) is 56.2 Å². The zero-order valence-electron chi connectivity index (χ0n) is 17.4. The minimum absolute atomic E-state index is 0.0683. The van der Waals surface area contributed by atoms with Crippen LogP contribution in [-0.2, 0) is 22.6 Å². The molecule has 2 aromatic carbocycles. The second-order valence-electron chi connectivity index (χ2n) is 7.12. The normalized spacial score (nSPS) is 14.2. The molecule has 0 aromatic heterocycles. The predicted octanol–water partition coefficient (Wildman–Crippen LogP) is 1.96. The van der Waals surface area contributed by atoms with E-state index in [1.54, 1.807) is 24.3 Å². The lowest BCUT2D eigenvalue weighted by Crippen LogP contribution is -2.36. The first-order valence-electron chi connectivity index (χ1n) is 10.3. The summed E-state index contributed by atoms with van der Waals surface area (Å²) < 4.78 is 10.7. The van der Waals surface area contributed by atoms with E-state index in [9.17, 15) is 9.59 Å². The third-order valence-corrected chi connectivity index (χ3v) is 4.86. The highest BCUT2D eigenvalue weighted by atomic mass is 16.5. The third kappa shape index (κ3) is 6.86. The highest BCUT2D eigenvalue weighted by molar-refractivity contribution is 5.96. The van der Waals surface area contributed by atoms with Crippen LogP contribution in [0.15, 0.2) is 48.5 Å². The predicted molar refractivity (Wildman–Crippen MR) is 114 cm³/mol. The Bertz CT molecular complexity index is 815. The molecule has 160 valence electrons. The number of hydrogen-bond donors (Lipinski definition) is 2. The monoisotopic (exact) mass is 411 g/mol. The van der Waals surface area contributed by atoms with E-state index in [2.05, 4.69) is 27.7 Å². The highest BCUT2D eigenvalue weighted by Crippen LogP contribution is 2.12. The Hall–Kier alpha value is -2.90. The standard InChI is InChI=1S/C23H29N3O4/c1-2-30-21-9-7-20(8-10-21)23(28)25-16-22(27)24-15-18-3-5-19(6-4-18)17-26-11-13-29-14-12-26/h3-10H,2,11-17H2,1H3,(H,24,27)(H,25,28). The van der Waals surface area contributed by atoms with Crippen LogP contribution in [0.2, 0.25) is 0 Å². The molecule has 3 rings (SSSR count). The average molecular weight is 412 g/mol. The van der Waals surface area contributed by atoms with Gasteiger partial charge in [-0.25, -0.2) is 0 Å². The lowest BCUT2D eigenvalue weighted by Gasteiger charge is -2.26. The van der Waals surface area contributed by atoms with E-state index >= 15 is 0 Å². The van der Waals surface area contributed by atoms with Gasteiger partial charge in [-0.1, -0.05) is 24.3 Å². The van der Waals surface area contributed by atoms with Crippen LogP contribution >= 0.6 is 0 Å². The van der Waals surface area contributed by atoms with Crippen LogP contribution in [0.3, 0.4) is 0 Å². The van der Waals surface area contributed by atoms with E-state index in [4.69, 9.17) is 9.47 Å². The fourth-order valence-electron chi connectivity index (χ4n) is 3.17. The van der Waals surface area contributed by atoms with E-state index in [1.165, 1.54) is 5.56 Å². The molecule has 0 saturated carbocycles. The van der Waals surface area contributed by atoms with E-state index in [0.717, 1.165) is 38.4 Å². The summed E-state index contributed by atoms with van der Waals surface area (Å²) in [5.41, 5.74) is 2.75. The molecule has 1 fully saturated rings. The van der Waals surface area contributed by atoms with Gasteiger partial charge in [-0.05, 0) is 42.3 Å². The molecule has 1 saturated heterocycles. The highest BCUT2D eigenvalue weighted by Gasteiger charge is 2.11. The largest absolute Gasteiger partial charge is 0.494 e. The van der Waals surface area contributed by atoms with Crippen molar-refractivity contribution in [3.8, 4) is 5.75 Å². The average Bonchev–Trinajstić information content (AvgIpc) is 2.78. The molecular formula is C23H29N3O4. The Labute approximate surface area is 177 Å². The minimum atomic E-state index is -0.291. The second-order valence-corrected chi connectivity index (χ2v) is 7.12. The SMILES string of the molecule is CCOc1ccc(C(=O)NCC(=O)NCc2ccc(CN3CCOCC3)cc2)cc1. The molecule has 0 spiro atoms. The number of amides is 2. The smallest absolute Gasteiger partial charge is 0.251 e. The van der Waals surface area contributed by atoms with E-state index in [1.807, 2.05) is 19.1 Å². The number of hydrogen-bond acceptors (Lipinski definition) is 5. The van der Waals surface area contributed by atoms with Gasteiger partial charge in [-0.2, -0.15) is 0 Å². The van der Waals surface area contributed by atoms with Gasteiger partial charge in [-0.3, -0.25) is 14.5 Å². The van der Waals surface area contributed by atoms with E-state index < -0.39 is 0 Å². The quantitative estimate of drug-likeness (QED) is 0.660. The summed E-state index contributed by atoms with van der Waals surface area (Å²) in [7, 11) is 0. The summed E-state index contributed by atoms with van der Waals surface area (Å²) in [6.07, 6.45) is 0. The summed E-state index contributed by atoms with van der Waals surface area (Å²) >= 11 is 0. The molecular weight excluding hydrogens is 382 g/mol. The summed E-state index contributed by atoms with van der Waals surface area (Å²) in [6, 6.07) is 15.0. The van der Waals surface area contributed by atoms with Gasteiger partial charge in [0.15, 0.2) is 0 Å². The van der Waals surface area contributed by atoms with Gasteiger partial charge >= 0.3 is 0 Å². The molecule has 0 atom stereocenters. The summed E-state index contributed by atoms with van der Waals surface area (Å²) in [6.45, 7) is 7.24. The second kappa shape index (κ2) is 11.3. The maximum atomic E-state index is 12.1. The van der Waals surface area contributed by atoms with E-state index in [-0.39, 0.29) is 18.4 Å². The molecule has 0 bridgehead atoms. The lowest BCUT2D eigenvalue weighted by molar-refractivity contribution is -0.120. The zero-order valence-corrected chi connectivity index (χ0v) is 17.4. The number of carbonyl (C=O) groups excluding carboxylic acids is 2. The number of morpholine rings is 1. The Kier molecular flexibility index (Phi) is 8.23. The van der Waals surface area contributed by atoms with Crippen molar-refractivity contribution in [1.82, 2.24) is 15.5 Å². The fourth-order valence-corrected chi connectivity index (χ4v) is 3.17. The molecule has 0 aliphatic carbocycles. The van der Waals surface area contributed by atoms with Gasteiger partial charge in [0.25, 0.3) is 5.91 Å². The van der Waals surface area contributed by atoms with Crippen LogP contribution in [0.25, 0.3) is 0 Å². The van der Waals surface area contributed by atoms with Crippen LogP contribution in [0.1, 0.15) is 28.4 Å². The lowest BCUT2D eigenvalue weighted by atomic mass is 10.1. The van der Waals surface area contributed by atoms with Crippen LogP contribution < -0.4 is 15.4 Å². The third-order valence-electron chi connectivity index (χ3n) is 4.86. The van der Waals surface area contributed by atoms with Crippen LogP contribution in [0.4, 0.5) is 0 Å². The Morgan fingerprint density at radius 3 is 2.30 bits per heavy atom. The van der Waals surface area contributed by atoms with Gasteiger partial charge in [-0.15, -0.1) is 0 Å². The maximum absolute atomic E-state index is 12.1. The fraction of sp³-hybridized carbons (Fsp3) is 0.391. The van der Waals surface area contributed by atoms with Crippen LogP contribution in [0.5, 0.6) is 5.75 Å². The Morgan fingerprint density at radius 1 is 0.967 bits per heavy atom. The van der Waals surface area contributed by atoms with Crippen LogP contribution in [0, 0.1) is 0 Å². The molecule has 1 aliphatic rings. The first-order valence-corrected chi connectivity index (χ1v) is 10.3. The molecule has 0 unspecified atom stereocenters. The van der Waals surface area contributed by atoms with Crippen molar-refractivity contribution >= 4 is 11.8 Å². The molecule has 2 N–H and O–H groups in total. The number of benzene rings is 2. The number of carbonyl (C=O) groups is 2. The molecule has 1 aliphatic heterocycles. The molecule has 1 heterocycles. The Balaban J connectivity index is 1.38. The van der Waals surface area contributed by atoms with Gasteiger partial charge in [0.05, 0.1) is 26.4 Å². The molecule has 2 amide bonds. The Morgan fingerprint density at radius 2 is 1.63 bits per heavy atom. The first kappa shape index (κ1) is 21.8. The summed E-state index contributed by atoms with van der Waals surface area (Å²) in [5.74, 6) is 0.190. The van der Waals surface area contributed by atoms with Gasteiger partial charge in [0.2, 0.25) is 5.91 Å². The van der Waals surface area contributed by atoms with Crippen molar-refractivity contribution in [2.75, 3.05) is 39.5 Å². The molecule has 7 heteroatoms. The zero-order chi connectivity index (χ0) is 21.2. The van der Waals surface area contributed by atoms with Gasteiger partial charge < -0.3 is 20.1 Å². The number of rotatable bonds is 9. The molecule has 2 aromatic rings. The van der Waals surface area contributed by atoms with Crippen molar-refractivity contribution < 1.29 is 19.1 Å². The number of ether oxygens (including phenoxy) is 2. The van der Waals surface area contributed by atoms with Crippen molar-refractivity contribution in [2.45, 2.75) is 20.0 Å². The maximum Gasteiger partial charge on any atom is 0.251 e. The topological polar surface area (TPSA) is 79.9 Å². The molecule has 30 heavy (non-hydrogen) atoms. The van der Waals surface area contributed by atoms with Crippen molar-refractivity contribution in [3.63, 3.8) is 0 Å². The molecule has 0 radical (unpaired) electrons. The van der Waals surface area contributed by atoms with Gasteiger partial charge in [0.1, 0.15) is 5.75 Å². The number of nitrogens with zero attached hydrogens (tertiary/aromatic N) is 1. The summed E-state index contributed by atoms with van der Waals surface area (Å²) in [4.78, 5) is 26.6. The van der Waals surface area contributed by atoms with Crippen molar-refractivity contribution in [3.05, 3.63) is 65.2 Å². The van der Waals surface area contributed by atoms with Crippen molar-refractivity contribution in [2.24, 2.45) is 0 Å². The van der Waals surface area contributed by atoms with Gasteiger partial charge in [0, 0.05) is 31.7 Å².